The van der Waals surface area contributed by atoms with Crippen LogP contribution in [0, 0.1) is 5.92 Å². The van der Waals surface area contributed by atoms with Crippen LogP contribution in [0.2, 0.25) is 0 Å². The van der Waals surface area contributed by atoms with Crippen molar-refractivity contribution in [3.05, 3.63) is 29.8 Å². The molecule has 31 heavy (non-hydrogen) atoms. The van der Waals surface area contributed by atoms with Gasteiger partial charge in [0, 0.05) is 6.54 Å². The molecule has 1 aliphatic rings. The molecule has 0 spiro atoms. The summed E-state index contributed by atoms with van der Waals surface area (Å²) in [4.78, 5) is 25.8. The molecule has 1 aromatic rings. The SMILES string of the molecule is COc1ccc(CNC(=O)[C@](N)(CS(=O)(=O)CC2CCCC2)C(=O)OC(C)(C)C)cc1. The minimum atomic E-state index is -3.76. The van der Waals surface area contributed by atoms with E-state index >= 15 is 0 Å². The molecule has 0 aromatic heterocycles. The molecular weight excluding hydrogens is 420 g/mol. The lowest BCUT2D eigenvalue weighted by molar-refractivity contribution is -0.163. The second-order valence-electron chi connectivity index (χ2n) is 9.21. The number of carbonyl (C=O) groups is 2. The van der Waals surface area contributed by atoms with E-state index in [0.29, 0.717) is 5.75 Å². The fourth-order valence-electron chi connectivity index (χ4n) is 3.61. The Kier molecular flexibility index (Phi) is 8.10. The molecule has 0 radical (unpaired) electrons. The zero-order valence-corrected chi connectivity index (χ0v) is 19.6. The number of amides is 1. The molecule has 1 fully saturated rings. The van der Waals surface area contributed by atoms with Crippen molar-refractivity contribution in [1.82, 2.24) is 5.32 Å². The minimum absolute atomic E-state index is 0.0373. The topological polar surface area (TPSA) is 125 Å². The Morgan fingerprint density at radius 2 is 1.71 bits per heavy atom. The molecule has 1 amide bonds. The first kappa shape index (κ1) is 25.1. The summed E-state index contributed by atoms with van der Waals surface area (Å²) in [6.45, 7) is 4.97. The van der Waals surface area contributed by atoms with Gasteiger partial charge in [-0.05, 0) is 57.2 Å². The average molecular weight is 455 g/mol. The number of carbonyl (C=O) groups excluding carboxylic acids is 2. The lowest BCUT2D eigenvalue weighted by Gasteiger charge is -2.30. The molecule has 0 saturated heterocycles. The summed E-state index contributed by atoms with van der Waals surface area (Å²) in [5, 5.41) is 2.59. The van der Waals surface area contributed by atoms with E-state index in [4.69, 9.17) is 15.2 Å². The molecule has 0 heterocycles. The summed E-state index contributed by atoms with van der Waals surface area (Å²) >= 11 is 0. The fourth-order valence-corrected chi connectivity index (χ4v) is 5.72. The second kappa shape index (κ2) is 9.99. The highest BCUT2D eigenvalue weighted by Gasteiger charge is 2.48. The van der Waals surface area contributed by atoms with Gasteiger partial charge in [0.15, 0.2) is 9.84 Å². The second-order valence-corrected chi connectivity index (χ2v) is 11.3. The number of methoxy groups -OCH3 is 1. The van der Waals surface area contributed by atoms with E-state index in [2.05, 4.69) is 5.32 Å². The Balaban J connectivity index is 2.18. The number of nitrogens with one attached hydrogen (secondary N) is 1. The number of nitrogens with two attached hydrogens (primary N) is 1. The Hall–Kier alpha value is -2.13. The van der Waals surface area contributed by atoms with E-state index in [-0.39, 0.29) is 18.2 Å². The van der Waals surface area contributed by atoms with Gasteiger partial charge in [-0.15, -0.1) is 0 Å². The average Bonchev–Trinajstić information content (AvgIpc) is 3.16. The summed E-state index contributed by atoms with van der Waals surface area (Å²) in [6.07, 6.45) is 3.63. The van der Waals surface area contributed by atoms with Crippen molar-refractivity contribution in [2.45, 2.75) is 64.1 Å². The predicted molar refractivity (Wildman–Crippen MR) is 118 cm³/mol. The highest BCUT2D eigenvalue weighted by molar-refractivity contribution is 7.91. The first-order valence-electron chi connectivity index (χ1n) is 10.5. The van der Waals surface area contributed by atoms with Gasteiger partial charge in [-0.2, -0.15) is 0 Å². The third kappa shape index (κ3) is 7.50. The molecular formula is C22H34N2O6S. The number of benzene rings is 1. The van der Waals surface area contributed by atoms with Gasteiger partial charge in [-0.25, -0.2) is 13.2 Å². The number of rotatable bonds is 9. The van der Waals surface area contributed by atoms with Crippen LogP contribution in [0.5, 0.6) is 5.75 Å². The van der Waals surface area contributed by atoms with Crippen molar-refractivity contribution in [3.8, 4) is 5.75 Å². The Labute approximate surface area is 184 Å². The summed E-state index contributed by atoms with van der Waals surface area (Å²) in [7, 11) is -2.22. The molecule has 174 valence electrons. The largest absolute Gasteiger partial charge is 0.497 e. The molecule has 9 heteroatoms. The third-order valence-electron chi connectivity index (χ3n) is 5.19. The Morgan fingerprint density at radius 3 is 2.23 bits per heavy atom. The molecule has 0 unspecified atom stereocenters. The highest BCUT2D eigenvalue weighted by atomic mass is 32.2. The van der Waals surface area contributed by atoms with E-state index in [1.807, 2.05) is 0 Å². The van der Waals surface area contributed by atoms with Crippen molar-refractivity contribution < 1.29 is 27.5 Å². The fraction of sp³-hybridized carbons (Fsp3) is 0.636. The normalized spacial score (nSPS) is 17.1. The summed E-state index contributed by atoms with van der Waals surface area (Å²) in [5.74, 6) is -2.11. The molecule has 0 aliphatic heterocycles. The Bertz CT molecular complexity index is 870. The number of ether oxygens (including phenoxy) is 2. The van der Waals surface area contributed by atoms with Crippen LogP contribution in [0.4, 0.5) is 0 Å². The lowest BCUT2D eigenvalue weighted by Crippen LogP contribution is -2.65. The van der Waals surface area contributed by atoms with E-state index < -0.39 is 38.6 Å². The highest BCUT2D eigenvalue weighted by Crippen LogP contribution is 2.27. The number of hydrogen-bond donors (Lipinski definition) is 2. The summed E-state index contributed by atoms with van der Waals surface area (Å²) in [5.41, 5.74) is 3.66. The van der Waals surface area contributed by atoms with E-state index in [1.165, 1.54) is 0 Å². The standard InChI is InChI=1S/C22H34N2O6S/c1-21(2,3)30-20(26)22(23,15-31(27,28)14-17-7-5-6-8-17)19(25)24-13-16-9-11-18(29-4)12-10-16/h9-12,17H,5-8,13-15,23H2,1-4H3,(H,24,25)/t22-/m1/s1. The molecule has 1 saturated carbocycles. The molecule has 3 N–H and O–H groups in total. The van der Waals surface area contributed by atoms with Gasteiger partial charge < -0.3 is 20.5 Å². The van der Waals surface area contributed by atoms with Crippen LogP contribution in [-0.2, 0) is 30.7 Å². The van der Waals surface area contributed by atoms with Crippen LogP contribution in [0.25, 0.3) is 0 Å². The van der Waals surface area contributed by atoms with Gasteiger partial charge in [-0.1, -0.05) is 25.0 Å². The van der Waals surface area contributed by atoms with Crippen molar-refractivity contribution in [3.63, 3.8) is 0 Å². The van der Waals surface area contributed by atoms with Crippen molar-refractivity contribution in [2.75, 3.05) is 18.6 Å². The van der Waals surface area contributed by atoms with Crippen molar-refractivity contribution >= 4 is 21.7 Å². The predicted octanol–water partition coefficient (Wildman–Crippen LogP) is 1.96. The molecule has 1 atom stereocenters. The maximum Gasteiger partial charge on any atom is 0.337 e. The van der Waals surface area contributed by atoms with E-state index in [9.17, 15) is 18.0 Å². The maximum atomic E-state index is 13.0. The quantitative estimate of drug-likeness (QED) is 0.432. The molecule has 8 nitrogen and oxygen atoms in total. The molecule has 1 aliphatic carbocycles. The summed E-state index contributed by atoms with van der Waals surface area (Å²) < 4.78 is 36.1. The van der Waals surface area contributed by atoms with Crippen LogP contribution < -0.4 is 15.8 Å². The molecule has 0 bridgehead atoms. The number of esters is 1. The van der Waals surface area contributed by atoms with Crippen molar-refractivity contribution in [1.29, 1.82) is 0 Å². The van der Waals surface area contributed by atoms with Crippen LogP contribution in [-0.4, -0.2) is 50.0 Å². The summed E-state index contributed by atoms with van der Waals surface area (Å²) in [6, 6.07) is 6.97. The van der Waals surface area contributed by atoms with Gasteiger partial charge in [0.05, 0.1) is 18.6 Å². The monoisotopic (exact) mass is 454 g/mol. The molecule has 2 rings (SSSR count). The van der Waals surface area contributed by atoms with Gasteiger partial charge in [0.25, 0.3) is 5.91 Å². The van der Waals surface area contributed by atoms with E-state index in [1.54, 1.807) is 52.1 Å². The zero-order valence-electron chi connectivity index (χ0n) is 18.8. The van der Waals surface area contributed by atoms with Gasteiger partial charge in [-0.3, -0.25) is 4.79 Å². The van der Waals surface area contributed by atoms with Crippen LogP contribution in [0.3, 0.4) is 0 Å². The van der Waals surface area contributed by atoms with Crippen LogP contribution in [0.1, 0.15) is 52.0 Å². The number of hydrogen-bond acceptors (Lipinski definition) is 7. The van der Waals surface area contributed by atoms with Crippen LogP contribution >= 0.6 is 0 Å². The van der Waals surface area contributed by atoms with Gasteiger partial charge in [0.1, 0.15) is 11.4 Å². The maximum absolute atomic E-state index is 13.0. The van der Waals surface area contributed by atoms with Gasteiger partial charge in [0.2, 0.25) is 5.54 Å². The first-order chi connectivity index (χ1) is 14.3. The van der Waals surface area contributed by atoms with E-state index in [0.717, 1.165) is 31.2 Å². The lowest BCUT2D eigenvalue weighted by atomic mass is 10.0. The minimum Gasteiger partial charge on any atom is -0.497 e. The Morgan fingerprint density at radius 1 is 1.13 bits per heavy atom. The van der Waals surface area contributed by atoms with Crippen LogP contribution in [0.15, 0.2) is 24.3 Å². The number of sulfone groups is 1. The third-order valence-corrected chi connectivity index (χ3v) is 7.07. The first-order valence-corrected chi connectivity index (χ1v) is 12.3. The zero-order chi connectivity index (χ0) is 23.3. The van der Waals surface area contributed by atoms with Crippen molar-refractivity contribution in [2.24, 2.45) is 11.7 Å². The molecule has 1 aromatic carbocycles. The van der Waals surface area contributed by atoms with Gasteiger partial charge >= 0.3 is 5.97 Å². The smallest absolute Gasteiger partial charge is 0.337 e.